The third-order valence-corrected chi connectivity index (χ3v) is 5.49. The van der Waals surface area contributed by atoms with Crippen molar-refractivity contribution in [3.05, 3.63) is 28.2 Å². The van der Waals surface area contributed by atoms with Gasteiger partial charge in [0.15, 0.2) is 0 Å². The lowest BCUT2D eigenvalue weighted by molar-refractivity contribution is 0.276. The first-order valence-corrected chi connectivity index (χ1v) is 8.14. The fraction of sp³-hybridized carbons (Fsp3) is 0.571. The van der Waals surface area contributed by atoms with Gasteiger partial charge in [-0.15, -0.1) is 0 Å². The summed E-state index contributed by atoms with van der Waals surface area (Å²) in [4.78, 5) is 2.53. The highest BCUT2D eigenvalue weighted by atomic mass is 79.9. The summed E-state index contributed by atoms with van der Waals surface area (Å²) in [6, 6.07) is 6.28. The van der Waals surface area contributed by atoms with Gasteiger partial charge in [-0.1, -0.05) is 19.9 Å². The molecule has 18 heavy (non-hydrogen) atoms. The van der Waals surface area contributed by atoms with Crippen molar-refractivity contribution in [2.24, 2.45) is 0 Å². The van der Waals surface area contributed by atoms with E-state index in [9.17, 15) is 0 Å². The number of anilines is 1. The summed E-state index contributed by atoms with van der Waals surface area (Å²) in [5.41, 5.74) is 8.07. The minimum atomic E-state index is 0.424. The Morgan fingerprint density at radius 3 is 2.89 bits per heavy atom. The highest BCUT2D eigenvalue weighted by molar-refractivity contribution is 9.10. The third kappa shape index (κ3) is 3.90. The van der Waals surface area contributed by atoms with Crippen LogP contribution in [0.2, 0.25) is 0 Å². The van der Waals surface area contributed by atoms with Crippen molar-refractivity contribution >= 4 is 33.4 Å². The van der Waals surface area contributed by atoms with Crippen molar-refractivity contribution in [3.63, 3.8) is 0 Å². The number of hydrogen-bond donors (Lipinski definition) is 1. The molecule has 0 radical (unpaired) electrons. The lowest BCUT2D eigenvalue weighted by Crippen LogP contribution is -2.26. The van der Waals surface area contributed by atoms with E-state index in [1.165, 1.54) is 30.8 Å². The SMILES string of the molecule is CC1(C)CCN(Cc2ccc(Br)c(N)c2)CCS1. The second kappa shape index (κ2) is 5.85. The minimum absolute atomic E-state index is 0.424. The Labute approximate surface area is 122 Å². The topological polar surface area (TPSA) is 29.3 Å². The molecule has 2 rings (SSSR count). The summed E-state index contributed by atoms with van der Waals surface area (Å²) in [6.07, 6.45) is 1.25. The predicted octanol–water partition coefficient (Wildman–Crippen LogP) is 3.75. The van der Waals surface area contributed by atoms with Gasteiger partial charge in [-0.2, -0.15) is 11.8 Å². The molecule has 1 fully saturated rings. The largest absolute Gasteiger partial charge is 0.398 e. The highest BCUT2D eigenvalue weighted by Gasteiger charge is 2.23. The van der Waals surface area contributed by atoms with Gasteiger partial charge in [0, 0.05) is 33.7 Å². The summed E-state index contributed by atoms with van der Waals surface area (Å²) in [5.74, 6) is 1.22. The van der Waals surface area contributed by atoms with E-state index in [0.29, 0.717) is 4.75 Å². The van der Waals surface area contributed by atoms with Crippen molar-refractivity contribution in [1.82, 2.24) is 4.90 Å². The fourth-order valence-corrected chi connectivity index (χ4v) is 3.55. The van der Waals surface area contributed by atoms with Crippen LogP contribution in [-0.4, -0.2) is 28.5 Å². The Morgan fingerprint density at radius 1 is 1.39 bits per heavy atom. The van der Waals surface area contributed by atoms with Crippen LogP contribution in [0.4, 0.5) is 5.69 Å². The molecule has 0 spiro atoms. The Balaban J connectivity index is 1.98. The number of hydrogen-bond acceptors (Lipinski definition) is 3. The molecule has 0 bridgehead atoms. The zero-order valence-corrected chi connectivity index (χ0v) is 13.5. The number of nitrogen functional groups attached to an aromatic ring is 1. The summed E-state index contributed by atoms with van der Waals surface area (Å²) < 4.78 is 1.41. The van der Waals surface area contributed by atoms with Crippen LogP contribution in [-0.2, 0) is 6.54 Å². The Kier molecular flexibility index (Phi) is 4.62. The molecule has 1 aromatic carbocycles. The van der Waals surface area contributed by atoms with Crippen LogP contribution >= 0.6 is 27.7 Å². The molecule has 1 heterocycles. The third-order valence-electron chi connectivity index (χ3n) is 3.40. The van der Waals surface area contributed by atoms with E-state index in [1.54, 1.807) is 0 Å². The normalized spacial score (nSPS) is 20.6. The molecule has 4 heteroatoms. The molecule has 1 aliphatic heterocycles. The van der Waals surface area contributed by atoms with Gasteiger partial charge in [-0.3, -0.25) is 4.90 Å². The van der Waals surface area contributed by atoms with E-state index in [1.807, 2.05) is 6.07 Å². The molecular formula is C14H21BrN2S. The number of halogens is 1. The first-order chi connectivity index (χ1) is 8.46. The summed E-state index contributed by atoms with van der Waals surface area (Å²) in [5, 5.41) is 0. The van der Waals surface area contributed by atoms with Gasteiger partial charge < -0.3 is 5.73 Å². The number of nitrogens with zero attached hydrogens (tertiary/aromatic N) is 1. The van der Waals surface area contributed by atoms with E-state index in [2.05, 4.69) is 58.6 Å². The average molecular weight is 329 g/mol. The lowest BCUT2D eigenvalue weighted by Gasteiger charge is -2.22. The molecule has 0 atom stereocenters. The molecule has 2 N–H and O–H groups in total. The fourth-order valence-electron chi connectivity index (χ4n) is 2.17. The number of nitrogens with two attached hydrogens (primary N) is 1. The average Bonchev–Trinajstić information content (AvgIpc) is 2.46. The molecule has 0 aliphatic carbocycles. The zero-order valence-electron chi connectivity index (χ0n) is 11.1. The molecule has 1 aromatic rings. The Hall–Kier alpha value is -0.190. The molecule has 1 saturated heterocycles. The zero-order chi connectivity index (χ0) is 13.2. The van der Waals surface area contributed by atoms with Gasteiger partial charge in [-0.05, 0) is 46.6 Å². The number of thioether (sulfide) groups is 1. The van der Waals surface area contributed by atoms with Crippen LogP contribution in [0.25, 0.3) is 0 Å². The van der Waals surface area contributed by atoms with Gasteiger partial charge in [0.2, 0.25) is 0 Å². The predicted molar refractivity (Wildman–Crippen MR) is 85.0 cm³/mol. The highest BCUT2D eigenvalue weighted by Crippen LogP contribution is 2.31. The first-order valence-electron chi connectivity index (χ1n) is 6.36. The summed E-state index contributed by atoms with van der Waals surface area (Å²) in [6.45, 7) is 8.05. The molecule has 2 nitrogen and oxygen atoms in total. The molecule has 0 saturated carbocycles. The molecule has 100 valence electrons. The molecule has 0 unspecified atom stereocenters. The van der Waals surface area contributed by atoms with E-state index >= 15 is 0 Å². The Bertz CT molecular complexity index is 420. The minimum Gasteiger partial charge on any atom is -0.398 e. The standard InChI is InChI=1S/C14H21BrN2S/c1-14(2)5-6-17(7-8-18-14)10-11-3-4-12(15)13(16)9-11/h3-4,9H,5-8,10,16H2,1-2H3. The maximum Gasteiger partial charge on any atom is 0.0461 e. The quantitative estimate of drug-likeness (QED) is 0.838. The monoisotopic (exact) mass is 328 g/mol. The summed E-state index contributed by atoms with van der Waals surface area (Å²) >= 11 is 5.53. The maximum absolute atomic E-state index is 5.93. The van der Waals surface area contributed by atoms with Crippen LogP contribution in [0, 0.1) is 0 Å². The molecule has 0 amide bonds. The van der Waals surface area contributed by atoms with Crippen molar-refractivity contribution in [3.8, 4) is 0 Å². The van der Waals surface area contributed by atoms with Crippen LogP contribution < -0.4 is 5.73 Å². The lowest BCUT2D eigenvalue weighted by atomic mass is 10.1. The van der Waals surface area contributed by atoms with Crippen LogP contribution in [0.15, 0.2) is 22.7 Å². The van der Waals surface area contributed by atoms with Crippen LogP contribution in [0.3, 0.4) is 0 Å². The second-order valence-electron chi connectivity index (χ2n) is 5.49. The Morgan fingerprint density at radius 2 is 2.17 bits per heavy atom. The van der Waals surface area contributed by atoms with Crippen molar-refractivity contribution in [1.29, 1.82) is 0 Å². The smallest absolute Gasteiger partial charge is 0.0461 e. The van der Waals surface area contributed by atoms with E-state index in [-0.39, 0.29) is 0 Å². The van der Waals surface area contributed by atoms with Crippen LogP contribution in [0.1, 0.15) is 25.8 Å². The second-order valence-corrected chi connectivity index (χ2v) is 8.15. The van der Waals surface area contributed by atoms with Crippen molar-refractivity contribution in [2.45, 2.75) is 31.6 Å². The van der Waals surface area contributed by atoms with E-state index in [4.69, 9.17) is 5.73 Å². The maximum atomic E-state index is 5.93. The van der Waals surface area contributed by atoms with Gasteiger partial charge in [-0.25, -0.2) is 0 Å². The van der Waals surface area contributed by atoms with E-state index < -0.39 is 0 Å². The number of rotatable bonds is 2. The molecule has 0 aromatic heterocycles. The number of benzene rings is 1. The van der Waals surface area contributed by atoms with Gasteiger partial charge >= 0.3 is 0 Å². The van der Waals surface area contributed by atoms with Crippen molar-refractivity contribution < 1.29 is 0 Å². The first kappa shape index (κ1) is 14.2. The van der Waals surface area contributed by atoms with Gasteiger partial charge in [0.25, 0.3) is 0 Å². The van der Waals surface area contributed by atoms with E-state index in [0.717, 1.165) is 16.7 Å². The summed E-state index contributed by atoms with van der Waals surface area (Å²) in [7, 11) is 0. The molecule has 1 aliphatic rings. The molecular weight excluding hydrogens is 308 g/mol. The van der Waals surface area contributed by atoms with Gasteiger partial charge in [0.1, 0.15) is 0 Å². The van der Waals surface area contributed by atoms with Crippen molar-refractivity contribution in [2.75, 3.05) is 24.6 Å². The van der Waals surface area contributed by atoms with Gasteiger partial charge in [0.05, 0.1) is 0 Å². The van der Waals surface area contributed by atoms with Crippen LogP contribution in [0.5, 0.6) is 0 Å².